The summed E-state index contributed by atoms with van der Waals surface area (Å²) >= 11 is 6.15. The first-order valence-corrected chi connectivity index (χ1v) is 11.2. The molecular formula is C24H26ClF2N7. The van der Waals surface area contributed by atoms with Crippen molar-refractivity contribution in [2.45, 2.75) is 45.2 Å². The molecule has 1 aliphatic rings. The van der Waals surface area contributed by atoms with Gasteiger partial charge in [0.15, 0.2) is 11.5 Å². The first-order valence-electron chi connectivity index (χ1n) is 10.9. The van der Waals surface area contributed by atoms with Gasteiger partial charge in [-0.2, -0.15) is 4.52 Å². The number of halogens is 3. The number of nitrogens with two attached hydrogens (primary N) is 1. The van der Waals surface area contributed by atoms with E-state index in [9.17, 15) is 8.78 Å². The Morgan fingerprint density at radius 1 is 1.29 bits per heavy atom. The standard InChI is InChI=1S/C24H26ClF2N7/c1-5-18(29-17-10-11-17)20(14(3)28)21(15-6-8-16(25)9-7-15)33(4)19-12-13(2)23-30-31-24(22(26)27)34(23)32-19/h5-9,12,17,21-22H,1,10-11,28H2,2-4H3. The van der Waals surface area contributed by atoms with Crippen LogP contribution in [0.25, 0.3) is 5.65 Å². The molecule has 2 aromatic heterocycles. The second kappa shape index (κ2) is 9.50. The maximum atomic E-state index is 13.5. The summed E-state index contributed by atoms with van der Waals surface area (Å²) in [5.41, 5.74) is 10.3. The number of allylic oxidation sites excluding steroid dienone is 2. The molecule has 0 aliphatic heterocycles. The van der Waals surface area contributed by atoms with E-state index in [1.165, 1.54) is 0 Å². The lowest BCUT2D eigenvalue weighted by molar-refractivity contribution is 0.137. The van der Waals surface area contributed by atoms with Crippen molar-refractivity contribution in [3.05, 3.63) is 76.2 Å². The molecule has 0 saturated heterocycles. The van der Waals surface area contributed by atoms with Crippen LogP contribution in [0.4, 0.5) is 14.6 Å². The van der Waals surface area contributed by atoms with E-state index in [0.717, 1.165) is 28.5 Å². The minimum absolute atomic E-state index is 0.251. The number of nitrogens with zero attached hydrogens (tertiary/aromatic N) is 6. The van der Waals surface area contributed by atoms with Crippen molar-refractivity contribution in [1.29, 1.82) is 0 Å². The smallest absolute Gasteiger partial charge is 0.299 e. The summed E-state index contributed by atoms with van der Waals surface area (Å²) in [5.74, 6) is -0.0653. The van der Waals surface area contributed by atoms with Gasteiger partial charge in [0, 0.05) is 23.3 Å². The second-order valence-corrected chi connectivity index (χ2v) is 8.83. The Morgan fingerprint density at radius 3 is 2.53 bits per heavy atom. The fourth-order valence-electron chi connectivity index (χ4n) is 3.89. The summed E-state index contributed by atoms with van der Waals surface area (Å²) in [6.07, 6.45) is 0.945. The van der Waals surface area contributed by atoms with Gasteiger partial charge in [0.05, 0.1) is 17.8 Å². The van der Waals surface area contributed by atoms with E-state index in [2.05, 4.69) is 21.9 Å². The normalized spacial score (nSPS) is 16.0. The summed E-state index contributed by atoms with van der Waals surface area (Å²) in [7, 11) is 1.83. The van der Waals surface area contributed by atoms with Crippen LogP contribution in [0, 0.1) is 6.92 Å². The zero-order chi connectivity index (χ0) is 24.6. The van der Waals surface area contributed by atoms with Gasteiger partial charge in [-0.1, -0.05) is 30.3 Å². The van der Waals surface area contributed by atoms with Gasteiger partial charge in [0.2, 0.25) is 5.82 Å². The molecule has 10 heteroatoms. The lowest BCUT2D eigenvalue weighted by atomic mass is 9.92. The first kappa shape index (κ1) is 23.8. The van der Waals surface area contributed by atoms with Crippen molar-refractivity contribution in [2.24, 2.45) is 10.7 Å². The highest BCUT2D eigenvalue weighted by Crippen LogP contribution is 2.36. The number of anilines is 1. The highest BCUT2D eigenvalue weighted by atomic mass is 35.5. The Kier molecular flexibility index (Phi) is 6.65. The predicted octanol–water partition coefficient (Wildman–Crippen LogP) is 5.22. The second-order valence-electron chi connectivity index (χ2n) is 8.39. The van der Waals surface area contributed by atoms with Crippen molar-refractivity contribution in [1.82, 2.24) is 19.8 Å². The van der Waals surface area contributed by atoms with Crippen LogP contribution >= 0.6 is 11.6 Å². The molecule has 1 aliphatic carbocycles. The third-order valence-corrected chi connectivity index (χ3v) is 5.98. The Balaban J connectivity index is 1.90. The average Bonchev–Trinajstić information content (AvgIpc) is 3.51. The monoisotopic (exact) mass is 485 g/mol. The Hall–Kier alpha value is -3.33. The summed E-state index contributed by atoms with van der Waals surface area (Å²) in [6, 6.07) is 9.00. The number of likely N-dealkylation sites (N-methyl/N-ethyl adjacent to an activating group) is 1. The summed E-state index contributed by atoms with van der Waals surface area (Å²) in [5, 5.41) is 12.5. The topological polar surface area (TPSA) is 84.7 Å². The third-order valence-electron chi connectivity index (χ3n) is 5.73. The lowest BCUT2D eigenvalue weighted by Crippen LogP contribution is -2.31. The van der Waals surface area contributed by atoms with Gasteiger partial charge in [0.25, 0.3) is 6.43 Å². The molecule has 34 heavy (non-hydrogen) atoms. The van der Waals surface area contributed by atoms with Crippen molar-refractivity contribution in [2.75, 3.05) is 11.9 Å². The molecule has 0 spiro atoms. The summed E-state index contributed by atoms with van der Waals surface area (Å²) < 4.78 is 28.2. The van der Waals surface area contributed by atoms with E-state index < -0.39 is 18.3 Å². The number of alkyl halides is 2. The molecule has 0 radical (unpaired) electrons. The molecule has 3 aromatic rings. The van der Waals surface area contributed by atoms with Crippen molar-refractivity contribution in [3.8, 4) is 0 Å². The molecular weight excluding hydrogens is 460 g/mol. The first-order chi connectivity index (χ1) is 16.2. The molecule has 0 amide bonds. The van der Waals surface area contributed by atoms with E-state index in [-0.39, 0.29) is 11.7 Å². The number of hydrogen-bond donors (Lipinski definition) is 1. The zero-order valence-electron chi connectivity index (χ0n) is 19.2. The van der Waals surface area contributed by atoms with Crippen molar-refractivity contribution in [3.63, 3.8) is 0 Å². The minimum Gasteiger partial charge on any atom is -0.402 e. The molecule has 7 nitrogen and oxygen atoms in total. The van der Waals surface area contributed by atoms with Crippen LogP contribution in [0.15, 0.2) is 59.2 Å². The number of aromatic nitrogens is 4. The summed E-state index contributed by atoms with van der Waals surface area (Å²) in [6.45, 7) is 7.56. The molecule has 1 fully saturated rings. The van der Waals surface area contributed by atoms with E-state index >= 15 is 0 Å². The van der Waals surface area contributed by atoms with Gasteiger partial charge in [-0.05, 0) is 62.1 Å². The van der Waals surface area contributed by atoms with Crippen LogP contribution in [-0.4, -0.2) is 38.6 Å². The van der Waals surface area contributed by atoms with E-state index in [4.69, 9.17) is 22.3 Å². The van der Waals surface area contributed by atoms with Gasteiger partial charge >= 0.3 is 0 Å². The van der Waals surface area contributed by atoms with Crippen LogP contribution in [0.1, 0.15) is 49.2 Å². The fraction of sp³-hybridized carbons (Fsp3) is 0.333. The third kappa shape index (κ3) is 4.65. The van der Waals surface area contributed by atoms with Gasteiger partial charge in [-0.15, -0.1) is 15.3 Å². The van der Waals surface area contributed by atoms with Gasteiger partial charge in [-0.25, -0.2) is 8.78 Å². The number of aliphatic imine (C=N–C) groups is 1. The minimum atomic E-state index is -2.81. The molecule has 2 N–H and O–H groups in total. The lowest BCUT2D eigenvalue weighted by Gasteiger charge is -2.33. The van der Waals surface area contributed by atoms with E-state index in [1.807, 2.05) is 31.0 Å². The number of hydrogen-bond acceptors (Lipinski definition) is 6. The van der Waals surface area contributed by atoms with Crippen LogP contribution in [0.2, 0.25) is 5.02 Å². The molecule has 1 saturated carbocycles. The van der Waals surface area contributed by atoms with Gasteiger partial charge in [0.1, 0.15) is 0 Å². The SMILES string of the molecule is C=CC(=NC1CC1)C(=C(C)N)C(c1ccc(Cl)cc1)N(C)c1cc(C)c2nnc(C(F)F)n2n1. The molecule has 0 bridgehead atoms. The highest BCUT2D eigenvalue weighted by molar-refractivity contribution is 6.30. The highest BCUT2D eigenvalue weighted by Gasteiger charge is 2.30. The van der Waals surface area contributed by atoms with Crippen molar-refractivity contribution >= 4 is 28.8 Å². The quantitative estimate of drug-likeness (QED) is 0.442. The molecule has 1 unspecified atom stereocenters. The Bertz CT molecular complexity index is 1270. The molecule has 1 atom stereocenters. The Labute approximate surface area is 201 Å². The number of rotatable bonds is 8. The number of aryl methyl sites for hydroxylation is 1. The van der Waals surface area contributed by atoms with Crippen LogP contribution in [-0.2, 0) is 0 Å². The largest absolute Gasteiger partial charge is 0.402 e. The van der Waals surface area contributed by atoms with Crippen LogP contribution in [0.3, 0.4) is 0 Å². The number of benzene rings is 1. The fourth-order valence-corrected chi connectivity index (χ4v) is 4.01. The maximum Gasteiger partial charge on any atom is 0.299 e. The average molecular weight is 486 g/mol. The summed E-state index contributed by atoms with van der Waals surface area (Å²) in [4.78, 5) is 6.71. The molecule has 4 rings (SSSR count). The predicted molar refractivity (Wildman–Crippen MR) is 131 cm³/mol. The molecule has 2 heterocycles. The van der Waals surface area contributed by atoms with Crippen LogP contribution in [0.5, 0.6) is 0 Å². The van der Waals surface area contributed by atoms with Gasteiger partial charge in [-0.3, -0.25) is 4.99 Å². The molecule has 1 aromatic carbocycles. The number of fused-ring (bicyclic) bond motifs is 1. The van der Waals surface area contributed by atoms with Crippen LogP contribution < -0.4 is 10.6 Å². The molecule has 178 valence electrons. The van der Waals surface area contributed by atoms with E-state index in [0.29, 0.717) is 27.8 Å². The van der Waals surface area contributed by atoms with E-state index in [1.54, 1.807) is 31.2 Å². The maximum absolute atomic E-state index is 13.5. The van der Waals surface area contributed by atoms with Crippen molar-refractivity contribution < 1.29 is 8.78 Å². The zero-order valence-corrected chi connectivity index (χ0v) is 20.0. The Morgan fingerprint density at radius 2 is 1.97 bits per heavy atom. The van der Waals surface area contributed by atoms with Gasteiger partial charge < -0.3 is 10.6 Å².